The molecule has 0 bridgehead atoms. The number of thiophene rings is 1. The van der Waals surface area contributed by atoms with Gasteiger partial charge in [0.25, 0.3) is 0 Å². The largest absolute Gasteiger partial charge is 0.393 e. The van der Waals surface area contributed by atoms with E-state index in [1.807, 2.05) is 0 Å². The minimum absolute atomic E-state index is 0.128. The normalized spacial score (nSPS) is 19.8. The van der Waals surface area contributed by atoms with Gasteiger partial charge in [0, 0.05) is 36.5 Å². The molecule has 1 spiro atoms. The summed E-state index contributed by atoms with van der Waals surface area (Å²) in [7, 11) is 0. The van der Waals surface area contributed by atoms with Crippen molar-refractivity contribution in [2.75, 3.05) is 31.1 Å². The molecule has 0 atom stereocenters. The zero-order valence-corrected chi connectivity index (χ0v) is 12.8. The number of rotatable bonds is 3. The molecule has 0 radical (unpaired) electrons. The zero-order chi connectivity index (χ0) is 16.2. The molecular formula is C14H13F3N4OS. The average molecular weight is 342 g/mol. The molecule has 2 aromatic heterocycles. The number of anilines is 1. The molecule has 2 aliphatic heterocycles. The average Bonchev–Trinajstić information content (AvgIpc) is 2.76. The van der Waals surface area contributed by atoms with Crippen LogP contribution in [0.5, 0.6) is 0 Å². The molecule has 0 saturated carbocycles. The number of halogens is 3. The van der Waals surface area contributed by atoms with E-state index in [9.17, 15) is 18.0 Å². The predicted molar refractivity (Wildman–Crippen MR) is 79.5 cm³/mol. The topological polar surface area (TPSA) is 49.3 Å². The first-order chi connectivity index (χ1) is 10.9. The molecule has 23 heavy (non-hydrogen) atoms. The van der Waals surface area contributed by atoms with E-state index in [0.717, 1.165) is 43.9 Å². The summed E-state index contributed by atoms with van der Waals surface area (Å²) in [5, 5.41) is 0.679. The maximum absolute atomic E-state index is 12.6. The molecule has 2 aromatic rings. The van der Waals surface area contributed by atoms with Crippen LogP contribution >= 0.6 is 11.3 Å². The summed E-state index contributed by atoms with van der Waals surface area (Å²) in [4.78, 5) is 23.6. The summed E-state index contributed by atoms with van der Waals surface area (Å²) in [5.41, 5.74) is 0.128. The van der Waals surface area contributed by atoms with Crippen LogP contribution in [0.1, 0.15) is 4.88 Å². The van der Waals surface area contributed by atoms with Gasteiger partial charge < -0.3 is 9.80 Å². The smallest absolute Gasteiger partial charge is 0.354 e. The summed E-state index contributed by atoms with van der Waals surface area (Å²) < 4.78 is 37.7. The fourth-order valence-corrected chi connectivity index (χ4v) is 4.45. The fourth-order valence-electron chi connectivity index (χ4n) is 3.43. The Balaban J connectivity index is 1.56. The lowest BCUT2D eigenvalue weighted by atomic mass is 9.73. The summed E-state index contributed by atoms with van der Waals surface area (Å²) in [5.74, 6) is 0.690. The van der Waals surface area contributed by atoms with E-state index in [1.165, 1.54) is 6.33 Å². The van der Waals surface area contributed by atoms with Crippen molar-refractivity contribution in [3.8, 4) is 0 Å². The van der Waals surface area contributed by atoms with Gasteiger partial charge in [0.1, 0.15) is 17.0 Å². The molecule has 0 N–H and O–H groups in total. The van der Waals surface area contributed by atoms with Gasteiger partial charge in [0.2, 0.25) is 6.41 Å². The van der Waals surface area contributed by atoms with Crippen molar-refractivity contribution in [3.63, 3.8) is 0 Å². The van der Waals surface area contributed by atoms with Gasteiger partial charge in [0.05, 0.1) is 11.8 Å². The van der Waals surface area contributed by atoms with Crippen molar-refractivity contribution in [1.82, 2.24) is 14.9 Å². The molecule has 5 nitrogen and oxygen atoms in total. The number of fused-ring (bicyclic) bond motifs is 1. The summed E-state index contributed by atoms with van der Waals surface area (Å²) in [6, 6.07) is 1.55. The van der Waals surface area contributed by atoms with E-state index in [0.29, 0.717) is 16.0 Å². The third kappa shape index (κ3) is 2.52. The van der Waals surface area contributed by atoms with Gasteiger partial charge in [-0.25, -0.2) is 9.97 Å². The Bertz CT molecular complexity index is 761. The molecule has 0 unspecified atom stereocenters. The van der Waals surface area contributed by atoms with Crippen LogP contribution in [0.25, 0.3) is 10.2 Å². The Labute approximate surface area is 133 Å². The van der Waals surface area contributed by atoms with Crippen molar-refractivity contribution >= 4 is 33.8 Å². The number of nitrogens with zero attached hydrogens (tertiary/aromatic N) is 4. The van der Waals surface area contributed by atoms with Crippen LogP contribution in [0.15, 0.2) is 12.4 Å². The lowest BCUT2D eigenvalue weighted by molar-refractivity contribution is -0.131. The standard InChI is InChI=1S/C14H13F3N4OS/c15-14(16,17)2-9-1-10-11(18-7-19-12(10)23-9)21-5-13(6-21)3-20(4-13)8-22/h1,7-8H,2-6H2. The predicted octanol–water partition coefficient (Wildman–Crippen LogP) is 2.07. The number of amides is 1. The first-order valence-corrected chi connectivity index (χ1v) is 7.94. The molecule has 122 valence electrons. The molecule has 4 rings (SSSR count). The highest BCUT2D eigenvalue weighted by molar-refractivity contribution is 7.18. The number of likely N-dealkylation sites (tertiary alicyclic amines) is 1. The minimum atomic E-state index is -4.22. The highest BCUT2D eigenvalue weighted by atomic mass is 32.1. The number of aromatic nitrogens is 2. The lowest BCUT2D eigenvalue weighted by Crippen LogP contribution is -2.72. The molecule has 2 fully saturated rings. The fraction of sp³-hybridized carbons (Fsp3) is 0.500. The highest BCUT2D eigenvalue weighted by Crippen LogP contribution is 2.43. The summed E-state index contributed by atoms with van der Waals surface area (Å²) in [6.07, 6.45) is -2.92. The molecule has 4 heterocycles. The van der Waals surface area contributed by atoms with Gasteiger partial charge >= 0.3 is 6.18 Å². The highest BCUT2D eigenvalue weighted by Gasteiger charge is 2.52. The second-order valence-electron chi connectivity index (χ2n) is 6.29. The van der Waals surface area contributed by atoms with Crippen LogP contribution in [0.3, 0.4) is 0 Å². The van der Waals surface area contributed by atoms with Crippen molar-refractivity contribution < 1.29 is 18.0 Å². The number of hydrogen-bond donors (Lipinski definition) is 0. The van der Waals surface area contributed by atoms with Gasteiger partial charge in [-0.05, 0) is 6.07 Å². The van der Waals surface area contributed by atoms with Crippen LogP contribution in [0, 0.1) is 5.41 Å². The van der Waals surface area contributed by atoms with E-state index < -0.39 is 12.6 Å². The van der Waals surface area contributed by atoms with Gasteiger partial charge in [-0.15, -0.1) is 11.3 Å². The van der Waals surface area contributed by atoms with E-state index in [1.54, 1.807) is 11.0 Å². The van der Waals surface area contributed by atoms with Crippen molar-refractivity contribution in [2.24, 2.45) is 5.41 Å². The maximum atomic E-state index is 12.6. The monoisotopic (exact) mass is 342 g/mol. The van der Waals surface area contributed by atoms with Crippen LogP contribution in [-0.4, -0.2) is 53.6 Å². The van der Waals surface area contributed by atoms with E-state index in [4.69, 9.17) is 0 Å². The summed E-state index contributed by atoms with van der Waals surface area (Å²) >= 11 is 1.06. The minimum Gasteiger partial charge on any atom is -0.354 e. The third-order valence-electron chi connectivity index (χ3n) is 4.31. The quantitative estimate of drug-likeness (QED) is 0.802. The molecule has 2 aliphatic rings. The maximum Gasteiger partial charge on any atom is 0.393 e. The second kappa shape index (κ2) is 4.80. The van der Waals surface area contributed by atoms with Crippen LogP contribution < -0.4 is 4.90 Å². The van der Waals surface area contributed by atoms with E-state index >= 15 is 0 Å². The SMILES string of the molecule is O=CN1CC2(C1)CN(c1ncnc3sc(CC(F)(F)F)cc13)C2. The number of carbonyl (C=O) groups excluding carboxylic acids is 1. The molecule has 0 aromatic carbocycles. The molecule has 0 aliphatic carbocycles. The Kier molecular flexibility index (Phi) is 3.06. The van der Waals surface area contributed by atoms with Gasteiger partial charge in [0.15, 0.2) is 0 Å². The Morgan fingerprint density at radius 2 is 2.00 bits per heavy atom. The lowest BCUT2D eigenvalue weighted by Gasteiger charge is -2.59. The molecular weight excluding hydrogens is 329 g/mol. The first kappa shape index (κ1) is 14.7. The summed E-state index contributed by atoms with van der Waals surface area (Å²) in [6.45, 7) is 3.02. The number of carbonyl (C=O) groups is 1. The van der Waals surface area contributed by atoms with Crippen LogP contribution in [0.4, 0.5) is 19.0 Å². The first-order valence-electron chi connectivity index (χ1n) is 7.12. The van der Waals surface area contributed by atoms with Crippen LogP contribution in [0.2, 0.25) is 0 Å². The molecule has 2 saturated heterocycles. The van der Waals surface area contributed by atoms with E-state index in [2.05, 4.69) is 14.9 Å². The Hall–Kier alpha value is -1.90. The van der Waals surface area contributed by atoms with Crippen molar-refractivity contribution in [1.29, 1.82) is 0 Å². The Morgan fingerprint density at radius 3 is 2.65 bits per heavy atom. The second-order valence-corrected chi connectivity index (χ2v) is 7.40. The molecule has 9 heteroatoms. The van der Waals surface area contributed by atoms with Gasteiger partial charge in [-0.2, -0.15) is 13.2 Å². The van der Waals surface area contributed by atoms with Crippen LogP contribution in [-0.2, 0) is 11.2 Å². The Morgan fingerprint density at radius 1 is 1.26 bits per heavy atom. The van der Waals surface area contributed by atoms with Gasteiger partial charge in [-0.1, -0.05) is 0 Å². The molecule has 1 amide bonds. The van der Waals surface area contributed by atoms with Crippen molar-refractivity contribution in [2.45, 2.75) is 12.6 Å². The van der Waals surface area contributed by atoms with Gasteiger partial charge in [-0.3, -0.25) is 4.79 Å². The number of alkyl halides is 3. The zero-order valence-electron chi connectivity index (χ0n) is 12.0. The van der Waals surface area contributed by atoms with Crippen molar-refractivity contribution in [3.05, 3.63) is 17.3 Å². The van der Waals surface area contributed by atoms with E-state index in [-0.39, 0.29) is 10.3 Å². The number of hydrogen-bond acceptors (Lipinski definition) is 5. The third-order valence-corrected chi connectivity index (χ3v) is 5.36.